The fraction of sp³-hybridized carbons (Fsp3) is 0.429. The number of thioether (sulfide) groups is 1. The van der Waals surface area contributed by atoms with Gasteiger partial charge in [0.1, 0.15) is 0 Å². The number of rotatable bonds is 3. The second-order valence-corrected chi connectivity index (χ2v) is 6.22. The highest BCUT2D eigenvalue weighted by atomic mass is 32.2. The molecule has 1 aliphatic heterocycles. The highest BCUT2D eigenvalue weighted by molar-refractivity contribution is 8.15. The number of benzene rings is 1. The van der Waals surface area contributed by atoms with Gasteiger partial charge in [-0.15, -0.1) is 0 Å². The molecule has 1 amide bonds. The molecule has 1 aliphatic rings. The van der Waals surface area contributed by atoms with E-state index in [1.54, 1.807) is 6.07 Å². The number of nitrogens with zero attached hydrogens (tertiary/aromatic N) is 1. The minimum absolute atomic E-state index is 0.0557. The predicted octanol–water partition coefficient (Wildman–Crippen LogP) is 3.24. The van der Waals surface area contributed by atoms with Crippen molar-refractivity contribution in [2.45, 2.75) is 37.7 Å². The third-order valence-electron chi connectivity index (χ3n) is 2.83. The Balaban J connectivity index is 2.11. The molecule has 2 rings (SSSR count). The van der Waals surface area contributed by atoms with Gasteiger partial charge in [-0.3, -0.25) is 9.79 Å². The number of amidine groups is 1. The Kier molecular flexibility index (Phi) is 4.61. The number of carbonyl (C=O) groups excluding carboxylic acids is 1. The van der Waals surface area contributed by atoms with Gasteiger partial charge in [0.2, 0.25) is 5.91 Å². The lowest BCUT2D eigenvalue weighted by Gasteiger charge is -2.10. The number of nitrogens with one attached hydrogen (secondary N) is 1. The van der Waals surface area contributed by atoms with Crippen LogP contribution in [0.3, 0.4) is 0 Å². The highest BCUT2D eigenvalue weighted by Gasteiger charge is 2.33. The smallest absolute Gasteiger partial charge is 0.304 e. The monoisotopic (exact) mass is 316 g/mol. The fourth-order valence-electron chi connectivity index (χ4n) is 1.92. The zero-order chi connectivity index (χ0) is 15.6. The predicted molar refractivity (Wildman–Crippen MR) is 77.2 cm³/mol. The number of amides is 1. The van der Waals surface area contributed by atoms with Crippen LogP contribution in [-0.4, -0.2) is 22.4 Å². The minimum atomic E-state index is -4.37. The van der Waals surface area contributed by atoms with E-state index in [0.29, 0.717) is 10.7 Å². The Hall–Kier alpha value is -1.50. The molecule has 3 nitrogen and oxygen atoms in total. The lowest BCUT2D eigenvalue weighted by Crippen LogP contribution is -2.26. The van der Waals surface area contributed by atoms with Crippen LogP contribution in [0.4, 0.5) is 13.2 Å². The standard InChI is InChI=1S/C14H15F3N2OS/c1-8(2)18-13-19-12(20)11(21-13)7-9-4-3-5-10(6-9)14(15,16)17/h3-6,8,11H,7H2,1-2H3,(H,18,19,20). The van der Waals surface area contributed by atoms with E-state index in [1.165, 1.54) is 17.8 Å². The first kappa shape index (κ1) is 15.9. The van der Waals surface area contributed by atoms with Crippen LogP contribution in [0.25, 0.3) is 0 Å². The van der Waals surface area contributed by atoms with Gasteiger partial charge in [0.15, 0.2) is 5.17 Å². The first-order chi connectivity index (χ1) is 9.75. The third-order valence-corrected chi connectivity index (χ3v) is 3.92. The molecule has 1 aromatic carbocycles. The summed E-state index contributed by atoms with van der Waals surface area (Å²) in [5.41, 5.74) is -0.206. The van der Waals surface area contributed by atoms with Crippen molar-refractivity contribution in [3.63, 3.8) is 0 Å². The van der Waals surface area contributed by atoms with E-state index in [0.717, 1.165) is 12.1 Å². The molecule has 1 unspecified atom stereocenters. The molecule has 0 aromatic heterocycles. The molecule has 7 heteroatoms. The molecule has 114 valence electrons. The Labute approximate surface area is 125 Å². The van der Waals surface area contributed by atoms with E-state index in [-0.39, 0.29) is 18.4 Å². The molecule has 0 aliphatic carbocycles. The first-order valence-electron chi connectivity index (χ1n) is 6.47. The molecule has 1 saturated heterocycles. The van der Waals surface area contributed by atoms with Crippen molar-refractivity contribution >= 4 is 22.8 Å². The third kappa shape index (κ3) is 4.23. The summed E-state index contributed by atoms with van der Waals surface area (Å²) in [5, 5.41) is 2.75. The van der Waals surface area contributed by atoms with Crippen molar-refractivity contribution in [3.05, 3.63) is 35.4 Å². The molecule has 0 spiro atoms. The van der Waals surface area contributed by atoms with Crippen molar-refractivity contribution in [1.29, 1.82) is 0 Å². The minimum Gasteiger partial charge on any atom is -0.304 e. The molecular weight excluding hydrogens is 301 g/mol. The van der Waals surface area contributed by atoms with Crippen molar-refractivity contribution < 1.29 is 18.0 Å². The van der Waals surface area contributed by atoms with Crippen LogP contribution in [0.5, 0.6) is 0 Å². The van der Waals surface area contributed by atoms with Crippen LogP contribution in [0.15, 0.2) is 29.3 Å². The van der Waals surface area contributed by atoms with Gasteiger partial charge >= 0.3 is 6.18 Å². The summed E-state index contributed by atoms with van der Waals surface area (Å²) in [7, 11) is 0. The number of carbonyl (C=O) groups is 1. The number of hydrogen-bond donors (Lipinski definition) is 1. The molecule has 0 saturated carbocycles. The van der Waals surface area contributed by atoms with Crippen LogP contribution >= 0.6 is 11.8 Å². The average Bonchev–Trinajstić information content (AvgIpc) is 2.68. The Morgan fingerprint density at radius 1 is 1.38 bits per heavy atom. The molecule has 21 heavy (non-hydrogen) atoms. The van der Waals surface area contributed by atoms with E-state index >= 15 is 0 Å². The van der Waals surface area contributed by atoms with E-state index in [4.69, 9.17) is 0 Å². The van der Waals surface area contributed by atoms with Crippen molar-refractivity contribution in [3.8, 4) is 0 Å². The second-order valence-electron chi connectivity index (χ2n) is 5.03. The molecule has 1 N–H and O–H groups in total. The van der Waals surface area contributed by atoms with E-state index in [1.807, 2.05) is 13.8 Å². The average molecular weight is 316 g/mol. The Morgan fingerprint density at radius 2 is 2.10 bits per heavy atom. The number of aliphatic imine (C=N–C) groups is 1. The van der Waals surface area contributed by atoms with Crippen LogP contribution in [-0.2, 0) is 17.4 Å². The van der Waals surface area contributed by atoms with Crippen LogP contribution in [0.2, 0.25) is 0 Å². The maximum Gasteiger partial charge on any atom is 0.416 e. The molecule has 1 heterocycles. The fourth-order valence-corrected chi connectivity index (χ4v) is 3.07. The normalized spacial score (nSPS) is 21.1. The van der Waals surface area contributed by atoms with Gasteiger partial charge in [0.25, 0.3) is 0 Å². The van der Waals surface area contributed by atoms with Crippen molar-refractivity contribution in [2.24, 2.45) is 4.99 Å². The first-order valence-corrected chi connectivity index (χ1v) is 7.35. The number of halogens is 3. The molecule has 1 fully saturated rings. The molecule has 0 radical (unpaired) electrons. The number of alkyl halides is 3. The topological polar surface area (TPSA) is 41.5 Å². The Morgan fingerprint density at radius 3 is 2.71 bits per heavy atom. The highest BCUT2D eigenvalue weighted by Crippen LogP contribution is 2.31. The summed E-state index contributed by atoms with van der Waals surface area (Å²) in [6, 6.07) is 5.13. The number of hydrogen-bond acceptors (Lipinski definition) is 3. The summed E-state index contributed by atoms with van der Waals surface area (Å²) in [6.07, 6.45) is -4.12. The quantitative estimate of drug-likeness (QED) is 0.930. The summed E-state index contributed by atoms with van der Waals surface area (Å²) < 4.78 is 38.0. The van der Waals surface area contributed by atoms with Crippen molar-refractivity contribution in [2.75, 3.05) is 0 Å². The summed E-state index contributed by atoms with van der Waals surface area (Å²) in [6.45, 7) is 3.78. The summed E-state index contributed by atoms with van der Waals surface area (Å²) in [5.74, 6) is -0.211. The van der Waals surface area contributed by atoms with Crippen LogP contribution < -0.4 is 5.32 Å². The van der Waals surface area contributed by atoms with Crippen molar-refractivity contribution in [1.82, 2.24) is 5.32 Å². The maximum absolute atomic E-state index is 12.7. The van der Waals surface area contributed by atoms with E-state index in [2.05, 4.69) is 10.3 Å². The van der Waals surface area contributed by atoms with Gasteiger partial charge in [-0.1, -0.05) is 30.0 Å². The Bertz CT molecular complexity index is 570. The lowest BCUT2D eigenvalue weighted by molar-refractivity contribution is -0.137. The second kappa shape index (κ2) is 6.09. The maximum atomic E-state index is 12.7. The summed E-state index contributed by atoms with van der Waals surface area (Å²) in [4.78, 5) is 16.1. The molecule has 1 aromatic rings. The summed E-state index contributed by atoms with van der Waals surface area (Å²) >= 11 is 1.26. The zero-order valence-corrected chi connectivity index (χ0v) is 12.4. The SMILES string of the molecule is CC(C)N=C1NC(=O)C(Cc2cccc(C(F)(F)F)c2)S1. The van der Waals surface area contributed by atoms with Gasteiger partial charge in [0, 0.05) is 6.04 Å². The van der Waals surface area contributed by atoms with Gasteiger partial charge in [-0.2, -0.15) is 13.2 Å². The van der Waals surface area contributed by atoms with Gasteiger partial charge in [0.05, 0.1) is 10.8 Å². The lowest BCUT2D eigenvalue weighted by atomic mass is 10.1. The molecule has 0 bridgehead atoms. The van der Waals surface area contributed by atoms with Gasteiger partial charge in [-0.25, -0.2) is 0 Å². The largest absolute Gasteiger partial charge is 0.416 e. The zero-order valence-electron chi connectivity index (χ0n) is 11.6. The molecule has 1 atom stereocenters. The van der Waals surface area contributed by atoms with Gasteiger partial charge in [-0.05, 0) is 31.9 Å². The van der Waals surface area contributed by atoms with E-state index < -0.39 is 17.0 Å². The van der Waals surface area contributed by atoms with Crippen LogP contribution in [0, 0.1) is 0 Å². The van der Waals surface area contributed by atoms with Gasteiger partial charge < -0.3 is 5.32 Å². The molecular formula is C14H15F3N2OS. The van der Waals surface area contributed by atoms with Crippen LogP contribution in [0.1, 0.15) is 25.0 Å². The van der Waals surface area contributed by atoms with E-state index in [9.17, 15) is 18.0 Å².